The first kappa shape index (κ1) is 17.5. The van der Waals surface area contributed by atoms with Crippen molar-refractivity contribution in [1.82, 2.24) is 14.7 Å². The maximum Gasteiger partial charge on any atom is 0.240 e. The predicted octanol–water partition coefficient (Wildman–Crippen LogP) is 3.00. The van der Waals surface area contributed by atoms with Gasteiger partial charge in [0.2, 0.25) is 10.0 Å². The first-order valence-electron chi connectivity index (χ1n) is 7.49. The lowest BCUT2D eigenvalue weighted by Gasteiger charge is -2.09. The molecule has 0 fully saturated rings. The van der Waals surface area contributed by atoms with Gasteiger partial charge in [-0.3, -0.25) is 4.98 Å². The normalized spacial score (nSPS) is 11.4. The summed E-state index contributed by atoms with van der Waals surface area (Å²) in [6.45, 7) is 1.94. The van der Waals surface area contributed by atoms with Crippen molar-refractivity contribution in [3.05, 3.63) is 58.7 Å². The Morgan fingerprint density at radius 3 is 2.80 bits per heavy atom. The lowest BCUT2D eigenvalue weighted by Crippen LogP contribution is -2.23. The fourth-order valence-corrected chi connectivity index (χ4v) is 4.20. The molecule has 25 heavy (non-hydrogen) atoms. The van der Waals surface area contributed by atoms with Crippen LogP contribution in [0.25, 0.3) is 11.3 Å². The van der Waals surface area contributed by atoms with Gasteiger partial charge in [-0.1, -0.05) is 0 Å². The molecule has 0 atom stereocenters. The summed E-state index contributed by atoms with van der Waals surface area (Å²) < 4.78 is 32.6. The average molecular weight is 375 g/mol. The van der Waals surface area contributed by atoms with E-state index >= 15 is 0 Å². The Bertz CT molecular complexity index is 970. The van der Waals surface area contributed by atoms with Crippen molar-refractivity contribution in [1.29, 1.82) is 0 Å². The van der Waals surface area contributed by atoms with Crippen molar-refractivity contribution in [2.24, 2.45) is 0 Å². The van der Waals surface area contributed by atoms with Gasteiger partial charge in [0.1, 0.15) is 10.8 Å². The molecule has 0 aliphatic rings. The maximum atomic E-state index is 12.4. The molecule has 0 bridgehead atoms. The highest BCUT2D eigenvalue weighted by Crippen LogP contribution is 2.23. The number of nitrogens with one attached hydrogen (secondary N) is 1. The van der Waals surface area contributed by atoms with E-state index in [1.54, 1.807) is 38.6 Å². The number of methoxy groups -OCH3 is 1. The predicted molar refractivity (Wildman–Crippen MR) is 97.1 cm³/mol. The van der Waals surface area contributed by atoms with Crippen LogP contribution in [0.4, 0.5) is 0 Å². The molecule has 0 amide bonds. The molecule has 6 nitrogen and oxygen atoms in total. The van der Waals surface area contributed by atoms with Gasteiger partial charge < -0.3 is 4.74 Å². The minimum atomic E-state index is -3.61. The van der Waals surface area contributed by atoms with Crippen LogP contribution in [0.3, 0.4) is 0 Å². The number of ether oxygens (including phenoxy) is 1. The van der Waals surface area contributed by atoms with E-state index in [4.69, 9.17) is 4.74 Å². The van der Waals surface area contributed by atoms with Crippen molar-refractivity contribution in [2.45, 2.75) is 18.4 Å². The second-order valence-electron chi connectivity index (χ2n) is 5.32. The molecule has 2 heterocycles. The van der Waals surface area contributed by atoms with Crippen LogP contribution in [0.15, 0.2) is 53.0 Å². The van der Waals surface area contributed by atoms with Crippen LogP contribution < -0.4 is 9.46 Å². The van der Waals surface area contributed by atoms with Gasteiger partial charge in [0.15, 0.2) is 0 Å². The summed E-state index contributed by atoms with van der Waals surface area (Å²) in [7, 11) is -2.06. The topological polar surface area (TPSA) is 81.2 Å². The monoisotopic (exact) mass is 375 g/mol. The van der Waals surface area contributed by atoms with E-state index in [9.17, 15) is 8.42 Å². The molecule has 0 spiro atoms. The smallest absolute Gasteiger partial charge is 0.240 e. The zero-order chi connectivity index (χ0) is 17.9. The molecular formula is C17H17N3O3S2. The number of hydrogen-bond donors (Lipinski definition) is 1. The summed E-state index contributed by atoms with van der Waals surface area (Å²) in [5.74, 6) is 0.653. The number of benzene rings is 1. The second-order valence-corrected chi connectivity index (χ2v) is 8.03. The van der Waals surface area contributed by atoms with Crippen LogP contribution in [0, 0.1) is 6.92 Å². The third-order valence-corrected chi connectivity index (χ3v) is 5.85. The van der Waals surface area contributed by atoms with E-state index in [0.29, 0.717) is 10.8 Å². The third-order valence-electron chi connectivity index (χ3n) is 3.60. The molecule has 0 radical (unpaired) electrons. The second kappa shape index (κ2) is 7.30. The molecule has 1 N–H and O–H groups in total. The van der Waals surface area contributed by atoms with E-state index in [1.165, 1.54) is 17.4 Å². The lowest BCUT2D eigenvalue weighted by atomic mass is 10.2. The van der Waals surface area contributed by atoms with Crippen molar-refractivity contribution in [2.75, 3.05) is 7.11 Å². The van der Waals surface area contributed by atoms with Gasteiger partial charge in [-0.25, -0.2) is 18.1 Å². The molecule has 0 saturated carbocycles. The van der Waals surface area contributed by atoms with Gasteiger partial charge in [0, 0.05) is 23.3 Å². The van der Waals surface area contributed by atoms with E-state index in [0.717, 1.165) is 16.8 Å². The van der Waals surface area contributed by atoms with E-state index in [1.807, 2.05) is 17.5 Å². The quantitative estimate of drug-likeness (QED) is 0.716. The van der Waals surface area contributed by atoms with E-state index < -0.39 is 10.0 Å². The van der Waals surface area contributed by atoms with E-state index in [2.05, 4.69) is 14.7 Å². The molecule has 3 aromatic rings. The number of rotatable bonds is 6. The third kappa shape index (κ3) is 4.04. The minimum Gasteiger partial charge on any atom is -0.496 e. The number of pyridine rings is 1. The number of sulfonamides is 1. The Kier molecular flexibility index (Phi) is 5.12. The molecule has 3 rings (SSSR count). The molecule has 8 heteroatoms. The summed E-state index contributed by atoms with van der Waals surface area (Å²) in [6, 6.07) is 8.51. The van der Waals surface area contributed by atoms with Gasteiger partial charge in [-0.15, -0.1) is 11.3 Å². The zero-order valence-electron chi connectivity index (χ0n) is 13.8. The van der Waals surface area contributed by atoms with Gasteiger partial charge in [-0.05, 0) is 42.8 Å². The largest absolute Gasteiger partial charge is 0.496 e. The number of hydrogen-bond acceptors (Lipinski definition) is 6. The summed E-state index contributed by atoms with van der Waals surface area (Å²) in [6.07, 6.45) is 3.42. The van der Waals surface area contributed by atoms with Crippen LogP contribution in [-0.4, -0.2) is 25.5 Å². The Morgan fingerprint density at radius 1 is 1.28 bits per heavy atom. The molecule has 0 saturated heterocycles. The summed E-state index contributed by atoms with van der Waals surface area (Å²) in [5, 5.41) is 2.57. The zero-order valence-corrected chi connectivity index (χ0v) is 15.4. The van der Waals surface area contributed by atoms with Crippen LogP contribution in [0.2, 0.25) is 0 Å². The Hall–Kier alpha value is -2.29. The SMILES string of the molecule is COc1ccc(S(=O)(=O)NCc2nc(-c3cccnc3)cs2)cc1C. The molecular weight excluding hydrogens is 358 g/mol. The molecule has 0 unspecified atom stereocenters. The molecule has 2 aromatic heterocycles. The Balaban J connectivity index is 1.72. The van der Waals surface area contributed by atoms with Crippen LogP contribution in [0.5, 0.6) is 5.75 Å². The molecule has 0 aliphatic carbocycles. The highest BCUT2D eigenvalue weighted by Gasteiger charge is 2.16. The number of nitrogens with zero attached hydrogens (tertiary/aromatic N) is 2. The van der Waals surface area contributed by atoms with Gasteiger partial charge in [0.25, 0.3) is 0 Å². The molecule has 0 aliphatic heterocycles. The number of aromatic nitrogens is 2. The van der Waals surface area contributed by atoms with Gasteiger partial charge >= 0.3 is 0 Å². The first-order chi connectivity index (χ1) is 12.0. The van der Waals surface area contributed by atoms with E-state index in [-0.39, 0.29) is 11.4 Å². The molecule has 1 aromatic carbocycles. The van der Waals surface area contributed by atoms with Crippen molar-refractivity contribution < 1.29 is 13.2 Å². The fourth-order valence-electron chi connectivity index (χ4n) is 2.30. The average Bonchev–Trinajstić information content (AvgIpc) is 3.10. The number of aryl methyl sites for hydroxylation is 1. The highest BCUT2D eigenvalue weighted by atomic mass is 32.2. The van der Waals surface area contributed by atoms with Crippen LogP contribution in [0.1, 0.15) is 10.6 Å². The van der Waals surface area contributed by atoms with Crippen molar-refractivity contribution >= 4 is 21.4 Å². The Morgan fingerprint density at radius 2 is 2.12 bits per heavy atom. The first-order valence-corrected chi connectivity index (χ1v) is 9.85. The summed E-state index contributed by atoms with van der Waals surface area (Å²) >= 11 is 1.40. The van der Waals surface area contributed by atoms with Gasteiger partial charge in [0.05, 0.1) is 24.2 Å². The fraction of sp³-hybridized carbons (Fsp3) is 0.176. The highest BCUT2D eigenvalue weighted by molar-refractivity contribution is 7.89. The maximum absolute atomic E-state index is 12.4. The Labute approximate surface area is 150 Å². The molecule has 130 valence electrons. The summed E-state index contributed by atoms with van der Waals surface area (Å²) in [4.78, 5) is 8.72. The van der Waals surface area contributed by atoms with Crippen molar-refractivity contribution in [3.8, 4) is 17.0 Å². The van der Waals surface area contributed by atoms with Gasteiger partial charge in [-0.2, -0.15) is 0 Å². The summed E-state index contributed by atoms with van der Waals surface area (Å²) in [5.41, 5.74) is 2.45. The minimum absolute atomic E-state index is 0.137. The standard InChI is InChI=1S/C17H17N3O3S2/c1-12-8-14(5-6-16(12)23-2)25(21,22)19-10-17-20-15(11-24-17)13-4-3-7-18-9-13/h3-9,11,19H,10H2,1-2H3. The number of thiazole rings is 1. The van der Waals surface area contributed by atoms with Crippen LogP contribution in [-0.2, 0) is 16.6 Å². The van der Waals surface area contributed by atoms with Crippen molar-refractivity contribution in [3.63, 3.8) is 0 Å². The van der Waals surface area contributed by atoms with Crippen LogP contribution >= 0.6 is 11.3 Å². The lowest BCUT2D eigenvalue weighted by molar-refractivity contribution is 0.411.